The topological polar surface area (TPSA) is 108 Å². The average molecular weight is 444 g/mol. The molecule has 0 bridgehead atoms. The Labute approximate surface area is 182 Å². The molecule has 10 heteroatoms. The number of hydrogen-bond acceptors (Lipinski definition) is 6. The number of rotatable bonds is 7. The van der Waals surface area contributed by atoms with Crippen LogP contribution in [-0.2, 0) is 25.8 Å². The van der Waals surface area contributed by atoms with Gasteiger partial charge in [-0.05, 0) is 57.9 Å². The predicted molar refractivity (Wildman–Crippen MR) is 119 cm³/mol. The van der Waals surface area contributed by atoms with Crippen LogP contribution in [0.1, 0.15) is 33.3 Å². The number of nitrogens with one attached hydrogen (secondary N) is 1. The van der Waals surface area contributed by atoms with Gasteiger partial charge in [-0.1, -0.05) is 30.3 Å². The van der Waals surface area contributed by atoms with E-state index in [2.05, 4.69) is 4.72 Å². The Morgan fingerprint density at radius 3 is 2.19 bits per heavy atom. The largest absolute Gasteiger partial charge is 0.486 e. The molecule has 0 saturated carbocycles. The van der Waals surface area contributed by atoms with Gasteiger partial charge < -0.3 is 9.31 Å². The second kappa shape index (κ2) is 8.45. The molecule has 8 nitrogen and oxygen atoms in total. The van der Waals surface area contributed by atoms with E-state index in [1.807, 2.05) is 51.9 Å². The lowest BCUT2D eigenvalue weighted by atomic mass is 9.89. The zero-order valence-corrected chi connectivity index (χ0v) is 18.7. The molecule has 1 heterocycles. The summed E-state index contributed by atoms with van der Waals surface area (Å²) >= 11 is 0. The summed E-state index contributed by atoms with van der Waals surface area (Å²) in [5, 5.41) is 10.8. The van der Waals surface area contributed by atoms with Crippen LogP contribution in [0.2, 0.25) is 0 Å². The normalized spacial score (nSPS) is 17.7. The lowest BCUT2D eigenvalue weighted by molar-refractivity contribution is -0.384. The summed E-state index contributed by atoms with van der Waals surface area (Å²) < 4.78 is 39.9. The van der Waals surface area contributed by atoms with Crippen LogP contribution in [0.5, 0.6) is 0 Å². The van der Waals surface area contributed by atoms with E-state index in [0.29, 0.717) is 12.1 Å². The van der Waals surface area contributed by atoms with Crippen molar-refractivity contribution in [1.29, 1.82) is 0 Å². The molecule has 1 aliphatic heterocycles. The Morgan fingerprint density at radius 1 is 1.03 bits per heavy atom. The minimum absolute atomic E-state index is 0.0549. The van der Waals surface area contributed by atoms with Crippen molar-refractivity contribution < 1.29 is 22.6 Å². The number of nitro groups is 1. The smallest absolute Gasteiger partial charge is 0.400 e. The minimum atomic E-state index is -3.90. The van der Waals surface area contributed by atoms with Crippen molar-refractivity contribution in [3.63, 3.8) is 0 Å². The highest BCUT2D eigenvalue weighted by Crippen LogP contribution is 2.37. The van der Waals surface area contributed by atoms with Crippen molar-refractivity contribution in [2.45, 2.75) is 50.2 Å². The number of nitrogens with zero attached hydrogens (tertiary/aromatic N) is 1. The van der Waals surface area contributed by atoms with E-state index in [0.717, 1.165) is 17.7 Å². The fourth-order valence-electron chi connectivity index (χ4n) is 3.02. The van der Waals surface area contributed by atoms with Crippen LogP contribution in [0.4, 0.5) is 11.4 Å². The monoisotopic (exact) mass is 444 g/mol. The van der Waals surface area contributed by atoms with Gasteiger partial charge >= 0.3 is 7.12 Å². The number of non-ortho nitro benzene ring substituents is 1. The molecule has 164 valence electrons. The van der Waals surface area contributed by atoms with Gasteiger partial charge in [0.2, 0.25) is 0 Å². The molecule has 0 aromatic heterocycles. The first kappa shape index (κ1) is 23.0. The molecule has 3 rings (SSSR count). The first-order valence-corrected chi connectivity index (χ1v) is 11.3. The van der Waals surface area contributed by atoms with E-state index in [9.17, 15) is 18.5 Å². The first-order chi connectivity index (χ1) is 14.4. The Bertz CT molecular complexity index is 1080. The Kier molecular flexibility index (Phi) is 6.27. The maximum atomic E-state index is 12.7. The molecule has 0 spiro atoms. The van der Waals surface area contributed by atoms with E-state index in [-0.39, 0.29) is 10.6 Å². The second-order valence-corrected chi connectivity index (χ2v) is 9.95. The van der Waals surface area contributed by atoms with Gasteiger partial charge in [-0.2, -0.15) is 0 Å². The summed E-state index contributed by atoms with van der Waals surface area (Å²) in [4.78, 5) is 10.1. The summed E-state index contributed by atoms with van der Waals surface area (Å²) in [6, 6.07) is 11.8. The van der Waals surface area contributed by atoms with Gasteiger partial charge in [-0.15, -0.1) is 0 Å². The molecule has 1 aliphatic rings. The summed E-state index contributed by atoms with van der Waals surface area (Å²) in [5.41, 5.74) is 0.160. The highest BCUT2D eigenvalue weighted by Gasteiger charge is 2.49. The van der Waals surface area contributed by atoms with E-state index < -0.39 is 33.3 Å². The third kappa shape index (κ3) is 5.15. The summed E-state index contributed by atoms with van der Waals surface area (Å²) in [6.07, 6.45) is 2.34. The van der Waals surface area contributed by atoms with Gasteiger partial charge in [0.25, 0.3) is 15.7 Å². The van der Waals surface area contributed by atoms with Crippen molar-refractivity contribution in [2.75, 3.05) is 4.72 Å². The zero-order chi connectivity index (χ0) is 22.9. The Morgan fingerprint density at radius 2 is 1.61 bits per heavy atom. The molecule has 0 radical (unpaired) electrons. The van der Waals surface area contributed by atoms with Crippen LogP contribution in [0.25, 0.3) is 0 Å². The minimum Gasteiger partial charge on any atom is -0.400 e. The molecule has 31 heavy (non-hydrogen) atoms. The summed E-state index contributed by atoms with van der Waals surface area (Å²) in [6.45, 7) is 7.90. The van der Waals surface area contributed by atoms with Crippen molar-refractivity contribution in [1.82, 2.24) is 0 Å². The van der Waals surface area contributed by atoms with Crippen molar-refractivity contribution in [2.24, 2.45) is 0 Å². The molecule has 0 aliphatic carbocycles. The standard InChI is InChI=1S/C21H25BN2O6S/c1-20(2)21(3,4)30-22(29-20)15-7-9-16-8-5-6-10-19(16)23-31(27,28)18-13-11-17(12-14-18)24(25)26/h5-8,10-15,23H,9H2,1-4H3/b15-7-. The van der Waals surface area contributed by atoms with Gasteiger partial charge in [0.1, 0.15) is 0 Å². The molecular weight excluding hydrogens is 419 g/mol. The molecule has 0 atom stereocenters. The van der Waals surface area contributed by atoms with Crippen LogP contribution < -0.4 is 4.72 Å². The number of nitro benzene ring substituents is 1. The molecular formula is C21H25BN2O6S. The highest BCUT2D eigenvalue weighted by molar-refractivity contribution is 7.92. The average Bonchev–Trinajstić information content (AvgIpc) is 2.89. The lowest BCUT2D eigenvalue weighted by Gasteiger charge is -2.32. The van der Waals surface area contributed by atoms with E-state index >= 15 is 0 Å². The van der Waals surface area contributed by atoms with E-state index in [1.54, 1.807) is 12.1 Å². The maximum absolute atomic E-state index is 12.7. The van der Waals surface area contributed by atoms with Crippen molar-refractivity contribution in [3.8, 4) is 0 Å². The maximum Gasteiger partial charge on any atom is 0.486 e. The van der Waals surface area contributed by atoms with Crippen LogP contribution in [0.15, 0.2) is 65.5 Å². The fourth-order valence-corrected chi connectivity index (χ4v) is 4.12. The molecule has 0 amide bonds. The van der Waals surface area contributed by atoms with Crippen molar-refractivity contribution in [3.05, 3.63) is 76.3 Å². The third-order valence-electron chi connectivity index (χ3n) is 5.52. The van der Waals surface area contributed by atoms with Gasteiger partial charge in [0, 0.05) is 12.1 Å². The Hall–Kier alpha value is -2.69. The van der Waals surface area contributed by atoms with Gasteiger partial charge in [0.05, 0.1) is 26.7 Å². The molecule has 1 fully saturated rings. The number of sulfonamides is 1. The number of benzene rings is 2. The van der Waals surface area contributed by atoms with Gasteiger partial charge in [-0.25, -0.2) is 8.42 Å². The first-order valence-electron chi connectivity index (χ1n) is 9.79. The zero-order valence-electron chi connectivity index (χ0n) is 17.9. The number of anilines is 1. The van der Waals surface area contributed by atoms with E-state index in [1.165, 1.54) is 12.1 Å². The van der Waals surface area contributed by atoms with Gasteiger partial charge in [-0.3, -0.25) is 14.8 Å². The summed E-state index contributed by atoms with van der Waals surface area (Å²) in [7, 11) is -4.37. The highest BCUT2D eigenvalue weighted by atomic mass is 32.2. The Balaban J connectivity index is 1.73. The number of para-hydroxylation sites is 1. The van der Waals surface area contributed by atoms with Crippen molar-refractivity contribution >= 4 is 28.5 Å². The second-order valence-electron chi connectivity index (χ2n) is 8.27. The fraction of sp³-hybridized carbons (Fsp3) is 0.333. The number of hydrogen-bond donors (Lipinski definition) is 1. The van der Waals surface area contributed by atoms with Crippen LogP contribution in [-0.4, -0.2) is 31.7 Å². The van der Waals surface area contributed by atoms with Crippen LogP contribution in [0.3, 0.4) is 0 Å². The predicted octanol–water partition coefficient (Wildman–Crippen LogP) is 4.13. The number of allylic oxidation sites excluding steroid dienone is 1. The molecule has 2 aromatic carbocycles. The molecule has 1 N–H and O–H groups in total. The quantitative estimate of drug-likeness (QED) is 0.391. The SMILES string of the molecule is CC1(C)OB(/C=C\Cc2ccccc2NS(=O)(=O)c2ccc([N+](=O)[O-])cc2)OC1(C)C. The molecule has 1 saturated heterocycles. The summed E-state index contributed by atoms with van der Waals surface area (Å²) in [5.74, 6) is 1.82. The van der Waals surface area contributed by atoms with Crippen LogP contribution in [0, 0.1) is 10.1 Å². The molecule has 0 unspecified atom stereocenters. The molecule has 2 aromatic rings. The van der Waals surface area contributed by atoms with Crippen LogP contribution >= 0.6 is 0 Å². The third-order valence-corrected chi connectivity index (χ3v) is 6.90. The van der Waals surface area contributed by atoms with E-state index in [4.69, 9.17) is 9.31 Å². The lowest BCUT2D eigenvalue weighted by Crippen LogP contribution is -2.41. The van der Waals surface area contributed by atoms with Gasteiger partial charge in [0.15, 0.2) is 0 Å².